The molecule has 0 saturated carbocycles. The average molecular weight is 652 g/mol. The summed E-state index contributed by atoms with van der Waals surface area (Å²) in [6.45, 7) is 0. The van der Waals surface area contributed by atoms with E-state index >= 15 is 0 Å². The van der Waals surface area contributed by atoms with E-state index in [1.54, 1.807) is 0 Å². The minimum atomic E-state index is 0.507. The normalized spacial score (nSPS) is 15.2. The number of thioether (sulfide) groups is 1. The maximum atomic E-state index is 6.40. The quantitative estimate of drug-likeness (QED) is 0.176. The number of thiophene rings is 1. The van der Waals surface area contributed by atoms with Crippen molar-refractivity contribution in [1.29, 1.82) is 0 Å². The molecule has 0 N–H and O–H groups in total. The van der Waals surface area contributed by atoms with Crippen molar-refractivity contribution in [2.24, 2.45) is 0 Å². The Hall–Kier alpha value is -5.29. The summed E-state index contributed by atoms with van der Waals surface area (Å²) in [6.07, 6.45) is 3.38. The molecule has 0 spiro atoms. The van der Waals surface area contributed by atoms with Crippen LogP contribution in [-0.2, 0) is 0 Å². The molecule has 0 radical (unpaired) electrons. The fourth-order valence-corrected chi connectivity index (χ4v) is 9.52. The van der Waals surface area contributed by atoms with Crippen molar-refractivity contribution in [3.05, 3.63) is 162 Å². The fourth-order valence-electron chi connectivity index (χ4n) is 7.37. The number of benzene rings is 7. The van der Waals surface area contributed by atoms with Gasteiger partial charge in [-0.15, -0.1) is 23.1 Å². The average Bonchev–Trinajstić information content (AvgIpc) is 3.87. The van der Waals surface area contributed by atoms with Gasteiger partial charge in [0.1, 0.15) is 0 Å². The van der Waals surface area contributed by atoms with E-state index in [-0.39, 0.29) is 0 Å². The van der Waals surface area contributed by atoms with Crippen LogP contribution in [0, 0.1) is 0 Å². The van der Waals surface area contributed by atoms with E-state index in [1.165, 1.54) is 58.8 Å². The Bertz CT molecular complexity index is 2490. The molecule has 2 aliphatic rings. The summed E-state index contributed by atoms with van der Waals surface area (Å²) in [5.41, 5.74) is 6.80. The maximum absolute atomic E-state index is 6.40. The Balaban J connectivity index is 1.21. The van der Waals surface area contributed by atoms with Crippen molar-refractivity contribution < 1.29 is 4.74 Å². The number of para-hydroxylation sites is 4. The lowest BCUT2D eigenvalue weighted by atomic mass is 9.91. The number of hydrogen-bond donors (Lipinski definition) is 0. The first-order valence-electron chi connectivity index (χ1n) is 16.3. The zero-order valence-electron chi connectivity index (χ0n) is 26.0. The molecule has 48 heavy (non-hydrogen) atoms. The molecule has 1 unspecified atom stereocenters. The maximum Gasteiger partial charge on any atom is 0.151 e. The minimum absolute atomic E-state index is 0.507. The molecule has 4 heteroatoms. The van der Waals surface area contributed by atoms with Gasteiger partial charge >= 0.3 is 0 Å². The molecule has 0 aliphatic carbocycles. The van der Waals surface area contributed by atoms with Crippen LogP contribution in [0.1, 0.15) is 16.5 Å². The number of allylic oxidation sites excluding steroid dienone is 1. The number of ether oxygens (including phenoxy) is 1. The van der Waals surface area contributed by atoms with Gasteiger partial charge in [0.15, 0.2) is 11.5 Å². The monoisotopic (exact) mass is 651 g/mol. The lowest BCUT2D eigenvalue weighted by Gasteiger charge is -2.33. The van der Waals surface area contributed by atoms with E-state index in [9.17, 15) is 0 Å². The Morgan fingerprint density at radius 2 is 1.12 bits per heavy atom. The van der Waals surface area contributed by atoms with Gasteiger partial charge in [0.05, 0.1) is 11.4 Å². The molecule has 3 heterocycles. The van der Waals surface area contributed by atoms with E-state index in [4.69, 9.17) is 4.74 Å². The second kappa shape index (κ2) is 11.2. The predicted octanol–water partition coefficient (Wildman–Crippen LogP) is 13.8. The van der Waals surface area contributed by atoms with Crippen LogP contribution in [0.3, 0.4) is 0 Å². The molecule has 10 rings (SSSR count). The van der Waals surface area contributed by atoms with Gasteiger partial charge in [-0.1, -0.05) is 91.0 Å². The van der Waals surface area contributed by atoms with Crippen LogP contribution < -0.4 is 9.64 Å². The van der Waals surface area contributed by atoms with Crippen LogP contribution in [0.25, 0.3) is 53.9 Å². The van der Waals surface area contributed by atoms with Crippen LogP contribution >= 0.6 is 23.1 Å². The zero-order valence-corrected chi connectivity index (χ0v) is 27.6. The number of hydrogen-bond acceptors (Lipinski definition) is 4. The smallest absolute Gasteiger partial charge is 0.151 e. The summed E-state index contributed by atoms with van der Waals surface area (Å²) >= 11 is 3.84. The molecule has 0 fully saturated rings. The SMILES string of the molecule is C1=CSC(c2ccc(-c3cc(-c4ccc5c6ccccc6c6ccccc6c5c4)cc(N4c5ccccc5Oc5ccccc54)c3)s2)C1. The molecule has 0 bridgehead atoms. The molecular weight excluding hydrogens is 623 g/mol. The molecule has 7 aromatic carbocycles. The van der Waals surface area contributed by atoms with Gasteiger partial charge in [0.2, 0.25) is 0 Å². The number of nitrogens with zero attached hydrogens (tertiary/aromatic N) is 1. The molecule has 1 aromatic heterocycles. The summed E-state index contributed by atoms with van der Waals surface area (Å²) in [5, 5.41) is 10.5. The standard InChI is InChI=1S/C44H29NOS2/c1-2-12-34-32(10-1)33-11-3-4-13-35(33)37-27-28(19-20-36(34)37)29-24-30(42-21-22-44(48-42)43-18-9-23-47-43)26-31(25-29)45-38-14-5-7-16-40(38)46-41-17-8-6-15-39(41)45/h1-17,19-27,43H,18H2. The van der Waals surface area contributed by atoms with Crippen LogP contribution in [0.5, 0.6) is 11.5 Å². The Morgan fingerprint density at radius 1 is 0.521 bits per heavy atom. The van der Waals surface area contributed by atoms with Crippen LogP contribution in [0.4, 0.5) is 17.1 Å². The van der Waals surface area contributed by atoms with E-state index in [0.717, 1.165) is 35.0 Å². The molecular formula is C44H29NOS2. The lowest BCUT2D eigenvalue weighted by molar-refractivity contribution is 0.477. The van der Waals surface area contributed by atoms with Gasteiger partial charge in [-0.2, -0.15) is 0 Å². The lowest BCUT2D eigenvalue weighted by Crippen LogP contribution is -2.15. The second-order valence-electron chi connectivity index (χ2n) is 12.4. The van der Waals surface area contributed by atoms with Crippen molar-refractivity contribution in [3.8, 4) is 33.1 Å². The highest BCUT2D eigenvalue weighted by Gasteiger charge is 2.26. The summed E-state index contributed by atoms with van der Waals surface area (Å²) in [7, 11) is 0. The number of anilines is 3. The highest BCUT2D eigenvalue weighted by molar-refractivity contribution is 8.02. The summed E-state index contributed by atoms with van der Waals surface area (Å²) in [5.74, 6) is 1.72. The van der Waals surface area contributed by atoms with E-state index in [0.29, 0.717) is 5.25 Å². The van der Waals surface area contributed by atoms with Gasteiger partial charge < -0.3 is 9.64 Å². The van der Waals surface area contributed by atoms with Crippen LogP contribution in [-0.4, -0.2) is 0 Å². The first kappa shape index (κ1) is 27.8. The first-order chi connectivity index (χ1) is 23.8. The number of rotatable bonds is 4. The molecule has 2 aliphatic heterocycles. The third-order valence-electron chi connectivity index (χ3n) is 9.60. The first-order valence-corrected chi connectivity index (χ1v) is 18.1. The Morgan fingerprint density at radius 3 is 1.79 bits per heavy atom. The van der Waals surface area contributed by atoms with Crippen molar-refractivity contribution in [3.63, 3.8) is 0 Å². The topological polar surface area (TPSA) is 12.5 Å². The Kier molecular flexibility index (Phi) is 6.46. The van der Waals surface area contributed by atoms with E-state index < -0.39 is 0 Å². The van der Waals surface area contributed by atoms with Gasteiger partial charge in [0.25, 0.3) is 0 Å². The highest BCUT2D eigenvalue weighted by Crippen LogP contribution is 2.52. The van der Waals surface area contributed by atoms with Crippen molar-refractivity contribution >= 4 is 72.5 Å². The van der Waals surface area contributed by atoms with Crippen LogP contribution in [0.2, 0.25) is 0 Å². The summed E-state index contributed by atoms with van der Waals surface area (Å²) < 4.78 is 6.40. The molecule has 228 valence electrons. The van der Waals surface area contributed by atoms with Crippen molar-refractivity contribution in [1.82, 2.24) is 0 Å². The van der Waals surface area contributed by atoms with Crippen LogP contribution in [0.15, 0.2) is 157 Å². The van der Waals surface area contributed by atoms with Gasteiger partial charge in [-0.05, 0) is 122 Å². The van der Waals surface area contributed by atoms with E-state index in [1.807, 2.05) is 35.2 Å². The third kappa shape index (κ3) is 4.48. The molecule has 1 atom stereocenters. The van der Waals surface area contributed by atoms with Crippen molar-refractivity contribution in [2.75, 3.05) is 4.90 Å². The van der Waals surface area contributed by atoms with Gasteiger partial charge in [-0.25, -0.2) is 0 Å². The predicted molar refractivity (Wildman–Crippen MR) is 207 cm³/mol. The summed E-state index contributed by atoms with van der Waals surface area (Å²) in [4.78, 5) is 5.07. The number of fused-ring (bicyclic) bond motifs is 8. The van der Waals surface area contributed by atoms with Crippen molar-refractivity contribution in [2.45, 2.75) is 11.7 Å². The summed E-state index contributed by atoms with van der Waals surface area (Å²) in [6, 6.07) is 53.0. The third-order valence-corrected chi connectivity index (χ3v) is 12.1. The Labute approximate surface area is 287 Å². The fraction of sp³-hybridized carbons (Fsp3) is 0.0455. The molecule has 0 amide bonds. The molecule has 8 aromatic rings. The second-order valence-corrected chi connectivity index (χ2v) is 14.7. The molecule has 2 nitrogen and oxygen atoms in total. The van der Waals surface area contributed by atoms with E-state index in [2.05, 4.69) is 150 Å². The molecule has 0 saturated heterocycles. The highest BCUT2D eigenvalue weighted by atomic mass is 32.2. The largest absolute Gasteiger partial charge is 0.453 e. The zero-order chi connectivity index (χ0) is 31.6. The van der Waals surface area contributed by atoms with Gasteiger partial charge in [-0.3, -0.25) is 0 Å². The minimum Gasteiger partial charge on any atom is -0.453 e. The van der Waals surface area contributed by atoms with Gasteiger partial charge in [0, 0.05) is 20.7 Å².